The van der Waals surface area contributed by atoms with E-state index >= 15 is 0 Å². The van der Waals surface area contributed by atoms with Gasteiger partial charge in [0, 0.05) is 32.5 Å². The summed E-state index contributed by atoms with van der Waals surface area (Å²) in [7, 11) is 2.01. The molecule has 2 rings (SSSR count). The highest BCUT2D eigenvalue weighted by Gasteiger charge is 2.06. The van der Waals surface area contributed by atoms with Gasteiger partial charge in [-0.2, -0.15) is 0 Å². The van der Waals surface area contributed by atoms with Crippen molar-refractivity contribution in [2.75, 3.05) is 6.54 Å². The normalized spacial score (nSPS) is 12.6. The maximum Gasteiger partial charge on any atom is 0.0914 e. The Morgan fingerprint density at radius 3 is 2.83 bits per heavy atom. The molecule has 18 heavy (non-hydrogen) atoms. The first-order valence-corrected chi connectivity index (χ1v) is 6.21. The molecule has 0 aliphatic heterocycles. The van der Waals surface area contributed by atoms with Crippen LogP contribution in [0.15, 0.2) is 42.7 Å². The topological polar surface area (TPSA) is 37.2 Å². The molecule has 1 heterocycles. The third-order valence-corrected chi connectivity index (χ3v) is 2.99. The number of aliphatic hydroxyl groups is 1. The summed E-state index contributed by atoms with van der Waals surface area (Å²) < 4.78 is 2.02. The lowest BCUT2D eigenvalue weighted by Crippen LogP contribution is -2.20. The van der Waals surface area contributed by atoms with Gasteiger partial charge in [0.05, 0.1) is 6.10 Å². The molecule has 2 N–H and O–H groups in total. The van der Waals surface area contributed by atoms with Crippen molar-refractivity contribution in [3.8, 4) is 0 Å². The van der Waals surface area contributed by atoms with Gasteiger partial charge in [-0.15, -0.1) is 0 Å². The molecule has 1 aromatic heterocycles. The molecule has 1 atom stereocenters. The van der Waals surface area contributed by atoms with E-state index in [1.165, 1.54) is 11.1 Å². The maximum atomic E-state index is 10.1. The average molecular weight is 244 g/mol. The van der Waals surface area contributed by atoms with Crippen molar-refractivity contribution in [1.29, 1.82) is 0 Å². The van der Waals surface area contributed by atoms with Crippen LogP contribution in [-0.4, -0.2) is 16.2 Å². The van der Waals surface area contributed by atoms with Gasteiger partial charge >= 0.3 is 0 Å². The van der Waals surface area contributed by atoms with Gasteiger partial charge in [-0.1, -0.05) is 29.8 Å². The summed E-state index contributed by atoms with van der Waals surface area (Å²) in [5.74, 6) is 0. The Morgan fingerprint density at radius 2 is 2.17 bits per heavy atom. The van der Waals surface area contributed by atoms with Crippen LogP contribution in [0.25, 0.3) is 0 Å². The van der Waals surface area contributed by atoms with Crippen LogP contribution in [0, 0.1) is 6.92 Å². The van der Waals surface area contributed by atoms with Crippen LogP contribution in [0.3, 0.4) is 0 Å². The molecule has 96 valence electrons. The minimum absolute atomic E-state index is 0.450. The number of benzene rings is 1. The number of hydrogen-bond donors (Lipinski definition) is 2. The lowest BCUT2D eigenvalue weighted by Gasteiger charge is -2.12. The second kappa shape index (κ2) is 5.85. The van der Waals surface area contributed by atoms with Gasteiger partial charge in [0.15, 0.2) is 0 Å². The molecular weight excluding hydrogens is 224 g/mol. The highest BCUT2D eigenvalue weighted by atomic mass is 16.3. The Balaban J connectivity index is 1.83. The highest BCUT2D eigenvalue weighted by molar-refractivity contribution is 5.24. The Bertz CT molecular complexity index is 505. The molecule has 0 saturated heterocycles. The number of nitrogens with one attached hydrogen (secondary N) is 1. The highest BCUT2D eigenvalue weighted by Crippen LogP contribution is 2.13. The second-order valence-corrected chi connectivity index (χ2v) is 4.75. The number of aliphatic hydroxyl groups excluding tert-OH is 1. The van der Waals surface area contributed by atoms with Crippen LogP contribution in [-0.2, 0) is 13.6 Å². The fourth-order valence-corrected chi connectivity index (χ4v) is 2.01. The number of hydrogen-bond acceptors (Lipinski definition) is 2. The van der Waals surface area contributed by atoms with Crippen molar-refractivity contribution >= 4 is 0 Å². The van der Waals surface area contributed by atoms with E-state index in [2.05, 4.69) is 17.6 Å². The zero-order valence-corrected chi connectivity index (χ0v) is 10.9. The third-order valence-electron chi connectivity index (χ3n) is 2.99. The van der Waals surface area contributed by atoms with Gasteiger partial charge in [-0.3, -0.25) is 0 Å². The monoisotopic (exact) mass is 244 g/mol. The average Bonchev–Trinajstić information content (AvgIpc) is 2.75. The van der Waals surface area contributed by atoms with Gasteiger partial charge in [-0.25, -0.2) is 0 Å². The van der Waals surface area contributed by atoms with Crippen molar-refractivity contribution in [2.24, 2.45) is 7.05 Å². The van der Waals surface area contributed by atoms with Gasteiger partial charge < -0.3 is 15.0 Å². The van der Waals surface area contributed by atoms with E-state index in [0.717, 1.165) is 12.1 Å². The minimum atomic E-state index is -0.450. The third kappa shape index (κ3) is 3.45. The van der Waals surface area contributed by atoms with Crippen molar-refractivity contribution in [2.45, 2.75) is 19.6 Å². The fourth-order valence-electron chi connectivity index (χ4n) is 2.01. The Morgan fingerprint density at radius 1 is 1.33 bits per heavy atom. The first kappa shape index (κ1) is 12.9. The van der Waals surface area contributed by atoms with Crippen molar-refractivity contribution in [1.82, 2.24) is 9.88 Å². The minimum Gasteiger partial charge on any atom is -0.387 e. The van der Waals surface area contributed by atoms with Crippen LogP contribution in [0.5, 0.6) is 0 Å². The molecule has 1 aromatic carbocycles. The van der Waals surface area contributed by atoms with Crippen LogP contribution in [0.1, 0.15) is 22.8 Å². The van der Waals surface area contributed by atoms with Crippen molar-refractivity contribution < 1.29 is 5.11 Å². The summed E-state index contributed by atoms with van der Waals surface area (Å²) in [6, 6.07) is 10.1. The molecule has 0 saturated carbocycles. The summed E-state index contributed by atoms with van der Waals surface area (Å²) in [4.78, 5) is 0. The zero-order chi connectivity index (χ0) is 13.0. The molecule has 0 aliphatic carbocycles. The van der Waals surface area contributed by atoms with E-state index < -0.39 is 6.10 Å². The summed E-state index contributed by atoms with van der Waals surface area (Å²) in [5.41, 5.74) is 3.37. The van der Waals surface area contributed by atoms with E-state index in [1.54, 1.807) is 0 Å². The van der Waals surface area contributed by atoms with E-state index in [0.29, 0.717) is 6.54 Å². The largest absolute Gasteiger partial charge is 0.387 e. The van der Waals surface area contributed by atoms with Crippen LogP contribution in [0.4, 0.5) is 0 Å². The molecule has 0 bridgehead atoms. The Hall–Kier alpha value is -1.58. The summed E-state index contributed by atoms with van der Waals surface area (Å²) >= 11 is 0. The Labute approximate surface area is 108 Å². The summed E-state index contributed by atoms with van der Waals surface area (Å²) in [5, 5.41) is 13.3. The zero-order valence-electron chi connectivity index (χ0n) is 10.9. The van der Waals surface area contributed by atoms with Gasteiger partial charge in [0.1, 0.15) is 0 Å². The smallest absolute Gasteiger partial charge is 0.0914 e. The fraction of sp³-hybridized carbons (Fsp3) is 0.333. The van der Waals surface area contributed by atoms with E-state index in [9.17, 15) is 5.11 Å². The molecule has 0 amide bonds. The number of nitrogens with zero attached hydrogens (tertiary/aromatic N) is 1. The van der Waals surface area contributed by atoms with E-state index in [1.807, 2.05) is 49.0 Å². The standard InChI is InChI=1S/C15H20N2O/c1-12-4-3-5-14(8-12)15(18)10-16-9-13-6-7-17(2)11-13/h3-8,11,15-16,18H,9-10H2,1-2H3. The summed E-state index contributed by atoms with van der Waals surface area (Å²) in [6.07, 6.45) is 3.65. The van der Waals surface area contributed by atoms with Gasteiger partial charge in [-0.05, 0) is 24.1 Å². The molecule has 0 fully saturated rings. The SMILES string of the molecule is Cc1cccc(C(O)CNCc2ccn(C)c2)c1. The van der Waals surface area contributed by atoms with Crippen LogP contribution >= 0.6 is 0 Å². The lowest BCUT2D eigenvalue weighted by molar-refractivity contribution is 0.174. The molecule has 2 aromatic rings. The molecule has 1 unspecified atom stereocenters. The molecule has 3 heteroatoms. The van der Waals surface area contributed by atoms with E-state index in [4.69, 9.17) is 0 Å². The van der Waals surface area contributed by atoms with Crippen LogP contribution < -0.4 is 5.32 Å². The predicted molar refractivity (Wildman–Crippen MR) is 73.3 cm³/mol. The van der Waals surface area contributed by atoms with Crippen molar-refractivity contribution in [3.63, 3.8) is 0 Å². The molecule has 0 radical (unpaired) electrons. The first-order valence-electron chi connectivity index (χ1n) is 6.21. The lowest BCUT2D eigenvalue weighted by atomic mass is 10.1. The molecule has 0 spiro atoms. The van der Waals surface area contributed by atoms with Gasteiger partial charge in [0.25, 0.3) is 0 Å². The summed E-state index contributed by atoms with van der Waals surface area (Å²) in [6.45, 7) is 3.38. The molecular formula is C15H20N2O. The van der Waals surface area contributed by atoms with Gasteiger partial charge in [0.2, 0.25) is 0 Å². The quantitative estimate of drug-likeness (QED) is 0.845. The molecule has 3 nitrogen and oxygen atoms in total. The first-order chi connectivity index (χ1) is 8.65. The Kier molecular flexibility index (Phi) is 4.18. The maximum absolute atomic E-state index is 10.1. The number of aryl methyl sites for hydroxylation is 2. The number of aromatic nitrogens is 1. The predicted octanol–water partition coefficient (Wildman–Crippen LogP) is 2.16. The second-order valence-electron chi connectivity index (χ2n) is 4.75. The van der Waals surface area contributed by atoms with E-state index in [-0.39, 0.29) is 0 Å². The van der Waals surface area contributed by atoms with Crippen LogP contribution in [0.2, 0.25) is 0 Å². The molecule has 0 aliphatic rings. The van der Waals surface area contributed by atoms with Crippen molar-refractivity contribution in [3.05, 3.63) is 59.4 Å². The number of rotatable bonds is 5.